The molecule has 2 rings (SSSR count). The average Bonchev–Trinajstić information content (AvgIpc) is 3.27. The molecule has 2 saturated heterocycles. The summed E-state index contributed by atoms with van der Waals surface area (Å²) in [6.45, 7) is 4.02. The molecule has 0 amide bonds. The fourth-order valence-corrected chi connectivity index (χ4v) is 4.47. The number of fused-ring (bicyclic) bond motifs is 1. The number of rotatable bonds is 18. The van der Waals surface area contributed by atoms with Crippen LogP contribution in [0.3, 0.4) is 0 Å². The van der Waals surface area contributed by atoms with Crippen LogP contribution in [0.25, 0.3) is 0 Å². The number of aliphatic hydroxyl groups is 1. The van der Waals surface area contributed by atoms with E-state index in [9.17, 15) is 5.11 Å². The van der Waals surface area contributed by atoms with E-state index in [2.05, 4.69) is 6.92 Å². The van der Waals surface area contributed by atoms with Gasteiger partial charge >= 0.3 is 0 Å². The monoisotopic (exact) mass is 398 g/mol. The Labute approximate surface area is 173 Å². The minimum atomic E-state index is -0.478. The Hall–Kier alpha value is -0.160. The first-order valence-corrected chi connectivity index (χ1v) is 12.4. The molecule has 2 heterocycles. The molecule has 0 unspecified atom stereocenters. The molecule has 0 aromatic rings. The highest BCUT2D eigenvalue weighted by Crippen LogP contribution is 2.28. The SMILES string of the molecule is CCCCCCCCCCCCCCCCCCO[C@H]1CO[C@H]2[C@@H]1OC[C@H]2O. The van der Waals surface area contributed by atoms with Gasteiger partial charge in [-0.1, -0.05) is 103 Å². The number of hydrogen-bond donors (Lipinski definition) is 1. The van der Waals surface area contributed by atoms with Gasteiger partial charge in [0.2, 0.25) is 0 Å². The van der Waals surface area contributed by atoms with Gasteiger partial charge < -0.3 is 19.3 Å². The molecule has 28 heavy (non-hydrogen) atoms. The highest BCUT2D eigenvalue weighted by atomic mass is 16.6. The van der Waals surface area contributed by atoms with E-state index in [0.29, 0.717) is 13.2 Å². The molecule has 1 N–H and O–H groups in total. The molecule has 4 heteroatoms. The lowest BCUT2D eigenvalue weighted by Gasteiger charge is -2.16. The Morgan fingerprint density at radius 2 is 1.11 bits per heavy atom. The first kappa shape index (κ1) is 24.1. The van der Waals surface area contributed by atoms with E-state index in [4.69, 9.17) is 14.2 Å². The minimum absolute atomic E-state index is 0.0125. The van der Waals surface area contributed by atoms with Gasteiger partial charge in [-0.3, -0.25) is 0 Å². The van der Waals surface area contributed by atoms with Crippen LogP contribution in [0.5, 0.6) is 0 Å². The molecular formula is C24H46O4. The number of aliphatic hydroxyl groups excluding tert-OH is 1. The topological polar surface area (TPSA) is 47.9 Å². The Morgan fingerprint density at radius 1 is 0.643 bits per heavy atom. The molecular weight excluding hydrogens is 352 g/mol. The Balaban J connectivity index is 1.26. The maximum absolute atomic E-state index is 9.73. The van der Waals surface area contributed by atoms with E-state index in [1.54, 1.807) is 0 Å². The molecule has 0 bridgehead atoms. The Kier molecular flexibility index (Phi) is 13.5. The molecule has 0 saturated carbocycles. The van der Waals surface area contributed by atoms with Gasteiger partial charge in [-0.25, -0.2) is 0 Å². The molecule has 0 aliphatic carbocycles. The summed E-state index contributed by atoms with van der Waals surface area (Å²) in [5, 5.41) is 9.73. The normalized spacial score (nSPS) is 26.8. The van der Waals surface area contributed by atoms with Crippen LogP contribution in [0.2, 0.25) is 0 Å². The van der Waals surface area contributed by atoms with E-state index >= 15 is 0 Å². The van der Waals surface area contributed by atoms with Crippen molar-refractivity contribution >= 4 is 0 Å². The second-order valence-corrected chi connectivity index (χ2v) is 8.88. The maximum Gasteiger partial charge on any atom is 0.115 e. The summed E-state index contributed by atoms with van der Waals surface area (Å²) < 4.78 is 17.1. The highest BCUT2D eigenvalue weighted by Gasteiger charge is 2.47. The lowest BCUT2D eigenvalue weighted by molar-refractivity contribution is -0.0378. The average molecular weight is 399 g/mol. The lowest BCUT2D eigenvalue weighted by Crippen LogP contribution is -2.33. The molecule has 4 atom stereocenters. The molecule has 0 aromatic heterocycles. The minimum Gasteiger partial charge on any atom is -0.388 e. The summed E-state index contributed by atoms with van der Waals surface area (Å²) in [5.74, 6) is 0. The molecule has 2 aliphatic rings. The summed E-state index contributed by atoms with van der Waals surface area (Å²) in [7, 11) is 0. The molecule has 4 nitrogen and oxygen atoms in total. The first-order valence-electron chi connectivity index (χ1n) is 12.4. The molecule has 2 fully saturated rings. The van der Waals surface area contributed by atoms with Crippen LogP contribution < -0.4 is 0 Å². The molecule has 0 spiro atoms. The van der Waals surface area contributed by atoms with Crippen molar-refractivity contribution in [2.45, 2.75) is 134 Å². The molecule has 2 aliphatic heterocycles. The number of hydrogen-bond acceptors (Lipinski definition) is 4. The maximum atomic E-state index is 9.73. The van der Waals surface area contributed by atoms with Crippen LogP contribution in [0, 0.1) is 0 Å². The largest absolute Gasteiger partial charge is 0.388 e. The van der Waals surface area contributed by atoms with E-state index in [1.807, 2.05) is 0 Å². The van der Waals surface area contributed by atoms with Crippen LogP contribution in [-0.2, 0) is 14.2 Å². The third-order valence-electron chi connectivity index (χ3n) is 6.31. The van der Waals surface area contributed by atoms with Crippen molar-refractivity contribution in [2.75, 3.05) is 19.8 Å². The molecule has 0 aromatic carbocycles. The van der Waals surface area contributed by atoms with Crippen molar-refractivity contribution in [3.05, 3.63) is 0 Å². The van der Waals surface area contributed by atoms with Gasteiger partial charge in [-0.2, -0.15) is 0 Å². The van der Waals surface area contributed by atoms with Crippen LogP contribution in [-0.4, -0.2) is 49.3 Å². The quantitative estimate of drug-likeness (QED) is 0.297. The van der Waals surface area contributed by atoms with Crippen LogP contribution in [0.15, 0.2) is 0 Å². The van der Waals surface area contributed by atoms with Gasteiger partial charge in [0.1, 0.15) is 24.4 Å². The smallest absolute Gasteiger partial charge is 0.115 e. The Morgan fingerprint density at radius 3 is 1.64 bits per heavy atom. The van der Waals surface area contributed by atoms with Gasteiger partial charge in [-0.05, 0) is 6.42 Å². The summed E-state index contributed by atoms with van der Waals surface area (Å²) in [4.78, 5) is 0. The zero-order chi connectivity index (χ0) is 19.9. The van der Waals surface area contributed by atoms with Crippen molar-refractivity contribution < 1.29 is 19.3 Å². The van der Waals surface area contributed by atoms with Crippen molar-refractivity contribution in [3.8, 4) is 0 Å². The van der Waals surface area contributed by atoms with E-state index in [-0.39, 0.29) is 18.3 Å². The van der Waals surface area contributed by atoms with Crippen molar-refractivity contribution in [2.24, 2.45) is 0 Å². The standard InChI is InChI=1S/C24H46O4/c1-2-3-4-5-6-7-8-9-10-11-12-13-14-15-16-17-18-26-22-20-28-23-21(25)19-27-24(22)23/h21-25H,2-20H2,1H3/t21-,22+,23-,24-/m1/s1. The second-order valence-electron chi connectivity index (χ2n) is 8.88. The van der Waals surface area contributed by atoms with Gasteiger partial charge in [0, 0.05) is 6.61 Å². The van der Waals surface area contributed by atoms with Gasteiger partial charge in [0.15, 0.2) is 0 Å². The van der Waals surface area contributed by atoms with E-state index < -0.39 is 6.10 Å². The Bertz CT molecular complexity index is 363. The van der Waals surface area contributed by atoms with Crippen molar-refractivity contribution in [3.63, 3.8) is 0 Å². The molecule has 0 radical (unpaired) electrons. The fourth-order valence-electron chi connectivity index (χ4n) is 4.47. The number of ether oxygens (including phenoxy) is 3. The molecule has 166 valence electrons. The van der Waals surface area contributed by atoms with Gasteiger partial charge in [-0.15, -0.1) is 0 Å². The summed E-state index contributed by atoms with van der Waals surface area (Å²) in [6.07, 6.45) is 21.5. The van der Waals surface area contributed by atoms with Gasteiger partial charge in [0.25, 0.3) is 0 Å². The lowest BCUT2D eigenvalue weighted by atomic mass is 10.0. The third-order valence-corrected chi connectivity index (χ3v) is 6.31. The predicted octanol–water partition coefficient (Wildman–Crippen LogP) is 5.79. The van der Waals surface area contributed by atoms with Crippen molar-refractivity contribution in [1.29, 1.82) is 0 Å². The fraction of sp³-hybridized carbons (Fsp3) is 1.00. The number of unbranched alkanes of at least 4 members (excludes halogenated alkanes) is 15. The van der Waals surface area contributed by atoms with Crippen molar-refractivity contribution in [1.82, 2.24) is 0 Å². The summed E-state index contributed by atoms with van der Waals surface area (Å²) >= 11 is 0. The van der Waals surface area contributed by atoms with E-state index in [0.717, 1.165) is 13.0 Å². The zero-order valence-corrected chi connectivity index (χ0v) is 18.4. The predicted molar refractivity (Wildman–Crippen MR) is 115 cm³/mol. The van der Waals surface area contributed by atoms with Gasteiger partial charge in [0.05, 0.1) is 13.2 Å². The zero-order valence-electron chi connectivity index (χ0n) is 18.4. The van der Waals surface area contributed by atoms with E-state index in [1.165, 1.54) is 96.3 Å². The summed E-state index contributed by atoms with van der Waals surface area (Å²) in [6, 6.07) is 0. The second kappa shape index (κ2) is 15.6. The van der Waals surface area contributed by atoms with Crippen LogP contribution >= 0.6 is 0 Å². The van der Waals surface area contributed by atoms with Crippen LogP contribution in [0.1, 0.15) is 110 Å². The highest BCUT2D eigenvalue weighted by molar-refractivity contribution is 4.94. The third kappa shape index (κ3) is 9.56. The summed E-state index contributed by atoms with van der Waals surface area (Å²) in [5.41, 5.74) is 0. The first-order chi connectivity index (χ1) is 13.8. The van der Waals surface area contributed by atoms with Crippen LogP contribution in [0.4, 0.5) is 0 Å².